The number of aromatic amines is 1. The first-order valence-corrected chi connectivity index (χ1v) is 4.73. The lowest BCUT2D eigenvalue weighted by Gasteiger charge is -2.21. The van der Waals surface area contributed by atoms with Crippen molar-refractivity contribution in [1.29, 1.82) is 0 Å². The van der Waals surface area contributed by atoms with Crippen molar-refractivity contribution in [3.63, 3.8) is 0 Å². The Morgan fingerprint density at radius 3 is 3.36 bits per heavy atom. The van der Waals surface area contributed by atoms with Crippen LogP contribution in [-0.4, -0.2) is 16.5 Å². The van der Waals surface area contributed by atoms with Gasteiger partial charge in [0, 0.05) is 12.7 Å². The van der Waals surface area contributed by atoms with Crippen LogP contribution in [-0.2, 0) is 6.42 Å². The van der Waals surface area contributed by atoms with Gasteiger partial charge in [-0.2, -0.15) is 0 Å². The summed E-state index contributed by atoms with van der Waals surface area (Å²) in [6, 6.07) is 2.18. The second-order valence-electron chi connectivity index (χ2n) is 3.45. The van der Waals surface area contributed by atoms with Crippen LogP contribution in [0.2, 0.25) is 0 Å². The topological polar surface area (TPSA) is 53.9 Å². The van der Waals surface area contributed by atoms with Gasteiger partial charge in [-0.1, -0.05) is 0 Å². The minimum absolute atomic E-state index is 0.135. The van der Waals surface area contributed by atoms with E-state index in [9.17, 15) is 0 Å². The molecule has 72 valence electrons. The zero-order valence-corrected chi connectivity index (χ0v) is 7.66. The number of fused-ring (bicyclic) bond motifs is 1. The minimum atomic E-state index is 0.135. The van der Waals surface area contributed by atoms with E-state index in [-0.39, 0.29) is 6.04 Å². The molecule has 1 aliphatic rings. The van der Waals surface area contributed by atoms with Crippen LogP contribution < -0.4 is 5.32 Å². The Kier molecular flexibility index (Phi) is 1.67. The molecule has 0 saturated heterocycles. The van der Waals surface area contributed by atoms with Gasteiger partial charge in [0.25, 0.3) is 0 Å². The zero-order chi connectivity index (χ0) is 9.38. The fourth-order valence-electron chi connectivity index (χ4n) is 1.93. The van der Waals surface area contributed by atoms with Crippen LogP contribution in [0.5, 0.6) is 0 Å². The molecule has 0 amide bonds. The van der Waals surface area contributed by atoms with E-state index in [4.69, 9.17) is 4.42 Å². The lowest BCUT2D eigenvalue weighted by Crippen LogP contribution is -2.29. The molecule has 0 radical (unpaired) electrons. The number of hydrogen-bond acceptors (Lipinski definition) is 3. The molecule has 2 aromatic rings. The van der Waals surface area contributed by atoms with Gasteiger partial charge in [0.05, 0.1) is 18.3 Å². The summed E-state index contributed by atoms with van der Waals surface area (Å²) in [5.41, 5.74) is 2.35. The predicted octanol–water partition coefficient (Wildman–Crippen LogP) is 1.24. The summed E-state index contributed by atoms with van der Waals surface area (Å²) in [6.45, 7) is 0.982. The monoisotopic (exact) mass is 189 g/mol. The molecule has 2 N–H and O–H groups in total. The average Bonchev–Trinajstić information content (AvgIpc) is 2.88. The third-order valence-electron chi connectivity index (χ3n) is 2.62. The molecule has 3 rings (SSSR count). The highest BCUT2D eigenvalue weighted by Gasteiger charge is 2.24. The molecule has 3 heterocycles. The molecule has 4 heteroatoms. The minimum Gasteiger partial charge on any atom is -0.467 e. The number of nitrogens with zero attached hydrogens (tertiary/aromatic N) is 1. The Balaban J connectivity index is 2.04. The molecule has 0 aliphatic carbocycles. The number of furan rings is 1. The van der Waals surface area contributed by atoms with Crippen molar-refractivity contribution in [2.75, 3.05) is 6.54 Å². The summed E-state index contributed by atoms with van der Waals surface area (Å²) in [4.78, 5) is 7.12. The van der Waals surface area contributed by atoms with Crippen molar-refractivity contribution in [2.24, 2.45) is 0 Å². The molecular formula is C10H11N3O. The Morgan fingerprint density at radius 2 is 2.50 bits per heavy atom. The maximum atomic E-state index is 5.48. The van der Waals surface area contributed by atoms with Gasteiger partial charge in [0.1, 0.15) is 11.8 Å². The van der Waals surface area contributed by atoms with Crippen molar-refractivity contribution in [3.05, 3.63) is 41.9 Å². The molecule has 0 aromatic carbocycles. The highest BCUT2D eigenvalue weighted by atomic mass is 16.3. The fourth-order valence-corrected chi connectivity index (χ4v) is 1.93. The smallest absolute Gasteiger partial charge is 0.130 e. The second-order valence-corrected chi connectivity index (χ2v) is 3.45. The van der Waals surface area contributed by atoms with E-state index in [2.05, 4.69) is 15.3 Å². The molecular weight excluding hydrogens is 178 g/mol. The van der Waals surface area contributed by atoms with Crippen molar-refractivity contribution in [2.45, 2.75) is 12.5 Å². The van der Waals surface area contributed by atoms with Crippen LogP contribution in [0.1, 0.15) is 23.1 Å². The standard InChI is InChI=1S/C10H11N3O/c1-3-12-9(8-5-11-6-13-8)10-7(1)2-4-14-10/h2,4-6,9,12H,1,3H2,(H,11,13). The van der Waals surface area contributed by atoms with Crippen LogP contribution in [0, 0.1) is 0 Å². The molecule has 0 fully saturated rings. The molecule has 1 aliphatic heterocycles. The molecule has 0 spiro atoms. The lowest BCUT2D eigenvalue weighted by atomic mass is 10.0. The van der Waals surface area contributed by atoms with Crippen LogP contribution >= 0.6 is 0 Å². The van der Waals surface area contributed by atoms with E-state index in [1.165, 1.54) is 5.56 Å². The summed E-state index contributed by atoms with van der Waals surface area (Å²) >= 11 is 0. The normalized spacial score (nSPS) is 20.7. The number of rotatable bonds is 1. The molecule has 2 aromatic heterocycles. The largest absolute Gasteiger partial charge is 0.467 e. The Bertz CT molecular complexity index is 418. The summed E-state index contributed by atoms with van der Waals surface area (Å²) in [5.74, 6) is 1.01. The Morgan fingerprint density at radius 1 is 1.50 bits per heavy atom. The maximum Gasteiger partial charge on any atom is 0.130 e. The first-order valence-electron chi connectivity index (χ1n) is 4.73. The summed E-state index contributed by atoms with van der Waals surface area (Å²) < 4.78 is 5.48. The average molecular weight is 189 g/mol. The highest BCUT2D eigenvalue weighted by Crippen LogP contribution is 2.27. The van der Waals surface area contributed by atoms with Crippen molar-refractivity contribution >= 4 is 0 Å². The number of nitrogens with one attached hydrogen (secondary N) is 2. The quantitative estimate of drug-likeness (QED) is 0.709. The summed E-state index contributed by atoms with van der Waals surface area (Å²) in [7, 11) is 0. The molecule has 14 heavy (non-hydrogen) atoms. The van der Waals surface area contributed by atoms with E-state index >= 15 is 0 Å². The molecule has 4 nitrogen and oxygen atoms in total. The van der Waals surface area contributed by atoms with Crippen LogP contribution in [0.4, 0.5) is 0 Å². The molecule has 0 saturated carbocycles. The lowest BCUT2D eigenvalue weighted by molar-refractivity contribution is 0.421. The fraction of sp³-hybridized carbons (Fsp3) is 0.300. The predicted molar refractivity (Wildman–Crippen MR) is 50.8 cm³/mol. The number of aromatic nitrogens is 2. The van der Waals surface area contributed by atoms with Gasteiger partial charge in [0.15, 0.2) is 0 Å². The number of hydrogen-bond donors (Lipinski definition) is 2. The van der Waals surface area contributed by atoms with Gasteiger partial charge < -0.3 is 14.7 Å². The molecule has 1 atom stereocenters. The summed E-state index contributed by atoms with van der Waals surface area (Å²) in [6.07, 6.45) is 6.31. The van der Waals surface area contributed by atoms with Gasteiger partial charge >= 0.3 is 0 Å². The van der Waals surface area contributed by atoms with Gasteiger partial charge in [-0.15, -0.1) is 0 Å². The van der Waals surface area contributed by atoms with E-state index in [0.29, 0.717) is 0 Å². The third-order valence-corrected chi connectivity index (χ3v) is 2.62. The first-order chi connectivity index (χ1) is 6.95. The SMILES string of the molecule is c1ncc(C2NCCc3ccoc32)[nH]1. The highest BCUT2D eigenvalue weighted by molar-refractivity contribution is 5.29. The van der Waals surface area contributed by atoms with E-state index in [0.717, 1.165) is 24.4 Å². The van der Waals surface area contributed by atoms with Crippen LogP contribution in [0.3, 0.4) is 0 Å². The molecule has 1 unspecified atom stereocenters. The number of imidazole rings is 1. The van der Waals surface area contributed by atoms with E-state index in [1.807, 2.05) is 12.3 Å². The third kappa shape index (κ3) is 1.08. The van der Waals surface area contributed by atoms with Gasteiger partial charge in [-0.25, -0.2) is 4.98 Å². The van der Waals surface area contributed by atoms with Gasteiger partial charge in [-0.05, 0) is 18.1 Å². The Labute approximate surface area is 81.4 Å². The van der Waals surface area contributed by atoms with Gasteiger partial charge in [0.2, 0.25) is 0 Å². The van der Waals surface area contributed by atoms with Crippen molar-refractivity contribution in [1.82, 2.24) is 15.3 Å². The second kappa shape index (κ2) is 2.99. The van der Waals surface area contributed by atoms with Crippen molar-refractivity contribution < 1.29 is 4.42 Å². The number of H-pyrrole nitrogens is 1. The first kappa shape index (κ1) is 7.82. The van der Waals surface area contributed by atoms with E-state index < -0.39 is 0 Å². The summed E-state index contributed by atoms with van der Waals surface area (Å²) in [5, 5.41) is 3.40. The maximum absolute atomic E-state index is 5.48. The van der Waals surface area contributed by atoms with Crippen LogP contribution in [0.15, 0.2) is 29.3 Å². The Hall–Kier alpha value is -1.55. The van der Waals surface area contributed by atoms with Crippen LogP contribution in [0.25, 0.3) is 0 Å². The van der Waals surface area contributed by atoms with Crippen molar-refractivity contribution in [3.8, 4) is 0 Å². The molecule has 0 bridgehead atoms. The van der Waals surface area contributed by atoms with E-state index in [1.54, 1.807) is 12.6 Å². The zero-order valence-electron chi connectivity index (χ0n) is 7.66. The van der Waals surface area contributed by atoms with Gasteiger partial charge in [-0.3, -0.25) is 0 Å².